The Morgan fingerprint density at radius 2 is 1.72 bits per heavy atom. The van der Waals surface area contributed by atoms with Gasteiger partial charge in [-0.05, 0) is 42.0 Å². The maximum Gasteiger partial charge on any atom is 0.277 e. The van der Waals surface area contributed by atoms with E-state index >= 15 is 0 Å². The fourth-order valence-electron chi connectivity index (χ4n) is 3.84. The zero-order valence-corrected chi connectivity index (χ0v) is 17.3. The maximum atomic E-state index is 13.2. The quantitative estimate of drug-likeness (QED) is 0.455. The number of hydrogen-bond acceptors (Lipinski definition) is 4. The van der Waals surface area contributed by atoms with Crippen LogP contribution in [-0.4, -0.2) is 31.6 Å². The lowest BCUT2D eigenvalue weighted by Crippen LogP contribution is -2.27. The Labute approximate surface area is 184 Å². The predicted octanol–water partition coefficient (Wildman–Crippen LogP) is 3.07. The zero-order chi connectivity index (χ0) is 21.9. The average molecular weight is 423 g/mol. The molecule has 0 saturated heterocycles. The van der Waals surface area contributed by atoms with Gasteiger partial charge in [0.05, 0.1) is 23.8 Å². The summed E-state index contributed by atoms with van der Waals surface area (Å²) in [5.74, 6) is -0.192. The normalized spacial score (nSPS) is 11.1. The van der Waals surface area contributed by atoms with E-state index in [-0.39, 0.29) is 11.5 Å². The van der Waals surface area contributed by atoms with Gasteiger partial charge in [0, 0.05) is 30.4 Å². The molecule has 0 fully saturated rings. The highest BCUT2D eigenvalue weighted by Crippen LogP contribution is 2.18. The summed E-state index contributed by atoms with van der Waals surface area (Å²) in [7, 11) is 0. The van der Waals surface area contributed by atoms with E-state index in [2.05, 4.69) is 15.4 Å². The Hall–Kier alpha value is -4.26. The van der Waals surface area contributed by atoms with Crippen LogP contribution in [0.4, 0.5) is 0 Å². The van der Waals surface area contributed by atoms with Gasteiger partial charge in [0.15, 0.2) is 0 Å². The van der Waals surface area contributed by atoms with Crippen molar-refractivity contribution in [2.45, 2.75) is 13.0 Å². The third kappa shape index (κ3) is 3.76. The van der Waals surface area contributed by atoms with Crippen molar-refractivity contribution in [2.24, 2.45) is 0 Å². The summed E-state index contributed by atoms with van der Waals surface area (Å²) in [5, 5.41) is 7.25. The van der Waals surface area contributed by atoms with Gasteiger partial charge in [0.25, 0.3) is 11.5 Å². The van der Waals surface area contributed by atoms with E-state index in [1.165, 1.54) is 0 Å². The largest absolute Gasteiger partial charge is 0.352 e. The monoisotopic (exact) mass is 423 g/mol. The molecule has 0 bridgehead atoms. The molecule has 1 N–H and O–H groups in total. The van der Waals surface area contributed by atoms with Crippen LogP contribution in [0, 0.1) is 0 Å². The highest BCUT2D eigenvalue weighted by molar-refractivity contribution is 5.97. The summed E-state index contributed by atoms with van der Waals surface area (Å²) in [6, 6.07) is 22.6. The number of amides is 1. The molecule has 0 spiro atoms. The topological polar surface area (TPSA) is 81.3 Å². The highest BCUT2D eigenvalue weighted by Gasteiger charge is 2.15. The first-order chi connectivity index (χ1) is 15.7. The molecule has 0 aliphatic rings. The molecule has 7 nitrogen and oxygen atoms in total. The van der Waals surface area contributed by atoms with Gasteiger partial charge < -0.3 is 9.88 Å². The van der Waals surface area contributed by atoms with Gasteiger partial charge in [-0.3, -0.25) is 14.6 Å². The Kier molecular flexibility index (Phi) is 5.21. The molecule has 0 unspecified atom stereocenters. The summed E-state index contributed by atoms with van der Waals surface area (Å²) in [6.45, 7) is 0.880. The first-order valence-corrected chi connectivity index (χ1v) is 10.4. The number of hydrogen-bond donors (Lipinski definition) is 1. The second-order valence-corrected chi connectivity index (χ2v) is 7.54. The summed E-state index contributed by atoms with van der Waals surface area (Å²) in [5.41, 5.74) is 4.20. The van der Waals surface area contributed by atoms with E-state index in [0.717, 1.165) is 16.8 Å². The molecule has 5 rings (SSSR count). The van der Waals surface area contributed by atoms with Gasteiger partial charge in [0.2, 0.25) is 0 Å². The van der Waals surface area contributed by atoms with Crippen LogP contribution in [0.1, 0.15) is 21.6 Å². The second-order valence-electron chi connectivity index (χ2n) is 7.54. The van der Waals surface area contributed by atoms with Crippen molar-refractivity contribution in [2.75, 3.05) is 6.54 Å². The Morgan fingerprint density at radius 3 is 2.53 bits per heavy atom. The molecule has 3 heterocycles. The van der Waals surface area contributed by atoms with Crippen molar-refractivity contribution < 1.29 is 4.79 Å². The first kappa shape index (κ1) is 19.7. The molecule has 2 aromatic carbocycles. The summed E-state index contributed by atoms with van der Waals surface area (Å²) in [6.07, 6.45) is 4.00. The van der Waals surface area contributed by atoms with Crippen LogP contribution < -0.4 is 10.9 Å². The van der Waals surface area contributed by atoms with Gasteiger partial charge in [0.1, 0.15) is 5.52 Å². The SMILES string of the molecule is O=C(NCCc1ccccn1)c1ccc2c(c1)n(Cc1ccccc1)c(=O)c1ccnn12. The van der Waals surface area contributed by atoms with E-state index in [1.54, 1.807) is 39.7 Å². The number of benzene rings is 2. The van der Waals surface area contributed by atoms with Crippen LogP contribution in [0.2, 0.25) is 0 Å². The lowest BCUT2D eigenvalue weighted by atomic mass is 10.1. The van der Waals surface area contributed by atoms with Crippen LogP contribution in [0.15, 0.2) is 90.0 Å². The fourth-order valence-corrected chi connectivity index (χ4v) is 3.84. The van der Waals surface area contributed by atoms with E-state index in [4.69, 9.17) is 0 Å². The van der Waals surface area contributed by atoms with Gasteiger partial charge in [-0.25, -0.2) is 4.52 Å². The number of carbonyl (C=O) groups is 1. The molecule has 1 amide bonds. The van der Waals surface area contributed by atoms with Gasteiger partial charge in [-0.15, -0.1) is 0 Å². The van der Waals surface area contributed by atoms with E-state index in [1.807, 2.05) is 54.6 Å². The van der Waals surface area contributed by atoms with Crippen LogP contribution in [0.3, 0.4) is 0 Å². The number of nitrogens with one attached hydrogen (secondary N) is 1. The summed E-state index contributed by atoms with van der Waals surface area (Å²) < 4.78 is 3.33. The van der Waals surface area contributed by atoms with Crippen molar-refractivity contribution in [1.29, 1.82) is 0 Å². The van der Waals surface area contributed by atoms with Gasteiger partial charge >= 0.3 is 0 Å². The number of nitrogens with zero attached hydrogens (tertiary/aromatic N) is 4. The summed E-state index contributed by atoms with van der Waals surface area (Å²) >= 11 is 0. The molecular weight excluding hydrogens is 402 g/mol. The highest BCUT2D eigenvalue weighted by atomic mass is 16.1. The second kappa shape index (κ2) is 8.47. The molecule has 5 aromatic rings. The lowest BCUT2D eigenvalue weighted by molar-refractivity contribution is 0.0954. The number of carbonyl (C=O) groups excluding carboxylic acids is 1. The Bertz CT molecular complexity index is 1460. The van der Waals surface area contributed by atoms with Gasteiger partial charge in [-0.2, -0.15) is 5.10 Å². The molecule has 0 saturated carbocycles. The van der Waals surface area contributed by atoms with Crippen LogP contribution in [0.5, 0.6) is 0 Å². The third-order valence-corrected chi connectivity index (χ3v) is 5.44. The average Bonchev–Trinajstić information content (AvgIpc) is 3.33. The minimum Gasteiger partial charge on any atom is -0.352 e. The molecule has 0 aliphatic carbocycles. The number of fused-ring (bicyclic) bond motifs is 3. The third-order valence-electron chi connectivity index (χ3n) is 5.44. The van der Waals surface area contributed by atoms with E-state index in [0.29, 0.717) is 36.1 Å². The molecule has 158 valence electrons. The van der Waals surface area contributed by atoms with Crippen molar-refractivity contribution in [3.05, 3.63) is 112 Å². The Balaban J connectivity index is 1.50. The Morgan fingerprint density at radius 1 is 0.875 bits per heavy atom. The van der Waals surface area contributed by atoms with Crippen LogP contribution in [0.25, 0.3) is 16.6 Å². The van der Waals surface area contributed by atoms with Crippen molar-refractivity contribution in [3.63, 3.8) is 0 Å². The predicted molar refractivity (Wildman–Crippen MR) is 123 cm³/mol. The minimum atomic E-state index is -0.192. The first-order valence-electron chi connectivity index (χ1n) is 10.4. The molecule has 3 aromatic heterocycles. The van der Waals surface area contributed by atoms with E-state index < -0.39 is 0 Å². The molecule has 0 atom stereocenters. The standard InChI is InChI=1S/C25H21N5O2/c31-24(27-14-11-20-8-4-5-13-26-20)19-9-10-21-23(16-19)29(17-18-6-2-1-3-7-18)25(32)22-12-15-28-30(21)22/h1-10,12-13,15-16H,11,14,17H2,(H,27,31). The number of rotatable bonds is 6. The van der Waals surface area contributed by atoms with Crippen molar-refractivity contribution in [3.8, 4) is 0 Å². The maximum absolute atomic E-state index is 13.2. The van der Waals surface area contributed by atoms with Gasteiger partial charge in [-0.1, -0.05) is 36.4 Å². The molecular formula is C25H21N5O2. The molecule has 7 heteroatoms. The molecule has 0 radical (unpaired) electrons. The fraction of sp³-hybridized carbons (Fsp3) is 0.120. The van der Waals surface area contributed by atoms with Crippen LogP contribution >= 0.6 is 0 Å². The van der Waals surface area contributed by atoms with Crippen molar-refractivity contribution in [1.82, 2.24) is 24.5 Å². The lowest BCUT2D eigenvalue weighted by Gasteiger charge is -2.13. The molecule has 0 aliphatic heterocycles. The summed E-state index contributed by atoms with van der Waals surface area (Å²) in [4.78, 5) is 30.3. The zero-order valence-electron chi connectivity index (χ0n) is 17.3. The molecule has 32 heavy (non-hydrogen) atoms. The minimum absolute atomic E-state index is 0.147. The van der Waals surface area contributed by atoms with Crippen molar-refractivity contribution >= 4 is 22.5 Å². The number of aromatic nitrogens is 4. The van der Waals surface area contributed by atoms with E-state index in [9.17, 15) is 9.59 Å². The smallest absolute Gasteiger partial charge is 0.277 e. The number of pyridine rings is 1. The van der Waals surface area contributed by atoms with Crippen LogP contribution in [-0.2, 0) is 13.0 Å².